The number of anilines is 2. The lowest BCUT2D eigenvalue weighted by Gasteiger charge is -2.30. The summed E-state index contributed by atoms with van der Waals surface area (Å²) in [6.07, 6.45) is 5.34. The Morgan fingerprint density at radius 3 is 2.95 bits per heavy atom. The fourth-order valence-corrected chi connectivity index (χ4v) is 2.89. The third kappa shape index (κ3) is 3.22. The Balaban J connectivity index is 0.00000161. The average Bonchev–Trinajstić information content (AvgIpc) is 2.84. The van der Waals surface area contributed by atoms with Gasteiger partial charge in [-0.15, -0.1) is 12.4 Å². The number of halogens is 2. The van der Waals surface area contributed by atoms with Crippen molar-refractivity contribution in [1.82, 2.24) is 9.78 Å². The first-order valence-corrected chi connectivity index (χ1v) is 7.30. The number of fused-ring (bicyclic) bond motifs is 1. The Morgan fingerprint density at radius 1 is 1.43 bits per heavy atom. The number of hydrogen-bond donors (Lipinski definition) is 1. The molecule has 1 aromatic carbocycles. The SMILES string of the molecule is Cl.Nc1cccc2c1CCCN2C(=O)Cn1cc(Br)cn1. The number of carbonyl (C=O) groups excluding carboxylic acids is 1. The third-order valence-electron chi connectivity index (χ3n) is 3.49. The minimum atomic E-state index is 0. The van der Waals surface area contributed by atoms with E-state index in [1.807, 2.05) is 23.1 Å². The number of nitrogen functional groups attached to an aromatic ring is 1. The first-order valence-electron chi connectivity index (χ1n) is 6.51. The fourth-order valence-electron chi connectivity index (χ4n) is 2.56. The van der Waals surface area contributed by atoms with Crippen molar-refractivity contribution in [3.8, 4) is 0 Å². The quantitative estimate of drug-likeness (QED) is 0.825. The second-order valence-electron chi connectivity index (χ2n) is 4.85. The maximum atomic E-state index is 12.5. The molecule has 2 aromatic rings. The molecule has 0 unspecified atom stereocenters. The van der Waals surface area contributed by atoms with Gasteiger partial charge < -0.3 is 10.6 Å². The smallest absolute Gasteiger partial charge is 0.248 e. The number of hydrogen-bond acceptors (Lipinski definition) is 3. The van der Waals surface area contributed by atoms with Crippen LogP contribution < -0.4 is 10.6 Å². The van der Waals surface area contributed by atoms with E-state index in [4.69, 9.17) is 5.73 Å². The van der Waals surface area contributed by atoms with E-state index in [1.54, 1.807) is 17.1 Å². The second-order valence-corrected chi connectivity index (χ2v) is 5.77. The van der Waals surface area contributed by atoms with Crippen LogP contribution in [0, 0.1) is 0 Å². The van der Waals surface area contributed by atoms with Gasteiger partial charge in [-0.25, -0.2) is 0 Å². The van der Waals surface area contributed by atoms with Crippen molar-refractivity contribution in [2.45, 2.75) is 19.4 Å². The Bertz CT molecular complexity index is 658. The van der Waals surface area contributed by atoms with E-state index in [0.29, 0.717) is 0 Å². The number of rotatable bonds is 2. The van der Waals surface area contributed by atoms with E-state index >= 15 is 0 Å². The largest absolute Gasteiger partial charge is 0.398 e. The number of aromatic nitrogens is 2. The lowest BCUT2D eigenvalue weighted by atomic mass is 10.00. The Labute approximate surface area is 137 Å². The van der Waals surface area contributed by atoms with Crippen molar-refractivity contribution in [2.24, 2.45) is 0 Å². The molecule has 1 amide bonds. The summed E-state index contributed by atoms with van der Waals surface area (Å²) in [5.41, 5.74) is 8.78. The van der Waals surface area contributed by atoms with Crippen molar-refractivity contribution in [2.75, 3.05) is 17.2 Å². The van der Waals surface area contributed by atoms with E-state index in [-0.39, 0.29) is 24.9 Å². The number of nitrogens with zero attached hydrogens (tertiary/aromatic N) is 3. The van der Waals surface area contributed by atoms with Crippen molar-refractivity contribution in [3.05, 3.63) is 40.6 Å². The van der Waals surface area contributed by atoms with E-state index < -0.39 is 0 Å². The molecule has 0 saturated heterocycles. The molecule has 1 aliphatic rings. The van der Waals surface area contributed by atoms with E-state index in [0.717, 1.165) is 40.8 Å². The zero-order valence-electron chi connectivity index (χ0n) is 11.3. The number of carbonyl (C=O) groups is 1. The zero-order valence-corrected chi connectivity index (χ0v) is 13.7. The van der Waals surface area contributed by atoms with Gasteiger partial charge in [0.05, 0.1) is 10.7 Å². The van der Waals surface area contributed by atoms with E-state index in [9.17, 15) is 4.79 Å². The Kier molecular flexibility index (Phi) is 4.90. The second kappa shape index (κ2) is 6.49. The van der Waals surface area contributed by atoms with Crippen LogP contribution in [0.2, 0.25) is 0 Å². The highest BCUT2D eigenvalue weighted by Gasteiger charge is 2.23. The maximum absolute atomic E-state index is 12.5. The molecule has 5 nitrogen and oxygen atoms in total. The predicted octanol–water partition coefficient (Wildman–Crippen LogP) is 2.63. The van der Waals surface area contributed by atoms with Gasteiger partial charge in [0.15, 0.2) is 0 Å². The summed E-state index contributed by atoms with van der Waals surface area (Å²) in [6, 6.07) is 5.74. The van der Waals surface area contributed by atoms with Crippen LogP contribution in [0.5, 0.6) is 0 Å². The highest BCUT2D eigenvalue weighted by atomic mass is 79.9. The molecule has 1 aromatic heterocycles. The van der Waals surface area contributed by atoms with Crippen LogP contribution in [0.4, 0.5) is 11.4 Å². The zero-order chi connectivity index (χ0) is 14.1. The van der Waals surface area contributed by atoms with Crippen LogP contribution in [0.3, 0.4) is 0 Å². The maximum Gasteiger partial charge on any atom is 0.248 e. The molecule has 2 heterocycles. The molecule has 112 valence electrons. The molecule has 0 radical (unpaired) electrons. The van der Waals surface area contributed by atoms with Crippen LogP contribution in [-0.4, -0.2) is 22.2 Å². The minimum absolute atomic E-state index is 0. The summed E-state index contributed by atoms with van der Waals surface area (Å²) < 4.78 is 2.50. The molecule has 0 aliphatic carbocycles. The van der Waals surface area contributed by atoms with E-state index in [2.05, 4.69) is 21.0 Å². The van der Waals surface area contributed by atoms with Gasteiger partial charge in [0.25, 0.3) is 0 Å². The normalized spacial score (nSPS) is 13.5. The molecule has 0 spiro atoms. The lowest BCUT2D eigenvalue weighted by molar-refractivity contribution is -0.119. The standard InChI is InChI=1S/C14H15BrN4O.ClH/c15-10-7-17-18(8-10)9-14(20)19-6-2-3-11-12(16)4-1-5-13(11)19;/h1,4-5,7-8H,2-3,6,9,16H2;1H. The first-order chi connectivity index (χ1) is 9.65. The minimum Gasteiger partial charge on any atom is -0.398 e. The number of nitrogens with two attached hydrogens (primary N) is 1. The van der Waals surface area contributed by atoms with Gasteiger partial charge in [-0.3, -0.25) is 9.48 Å². The molecule has 3 rings (SSSR count). The van der Waals surface area contributed by atoms with Crippen LogP contribution in [0.1, 0.15) is 12.0 Å². The summed E-state index contributed by atoms with van der Waals surface area (Å²) >= 11 is 3.33. The molecule has 0 atom stereocenters. The molecular formula is C14H16BrClN4O. The molecular weight excluding hydrogens is 356 g/mol. The summed E-state index contributed by atoms with van der Waals surface area (Å²) in [4.78, 5) is 14.3. The van der Waals surface area contributed by atoms with Crippen LogP contribution >= 0.6 is 28.3 Å². The van der Waals surface area contributed by atoms with Gasteiger partial charge in [0.2, 0.25) is 5.91 Å². The van der Waals surface area contributed by atoms with Gasteiger partial charge in [-0.1, -0.05) is 6.07 Å². The fraction of sp³-hybridized carbons (Fsp3) is 0.286. The average molecular weight is 372 g/mol. The topological polar surface area (TPSA) is 64.2 Å². The van der Waals surface area contributed by atoms with Crippen molar-refractivity contribution in [1.29, 1.82) is 0 Å². The molecule has 0 fully saturated rings. The molecule has 21 heavy (non-hydrogen) atoms. The van der Waals surface area contributed by atoms with E-state index in [1.165, 1.54) is 0 Å². The molecule has 2 N–H and O–H groups in total. The van der Waals surface area contributed by atoms with Crippen LogP contribution in [0.15, 0.2) is 35.1 Å². The van der Waals surface area contributed by atoms with Gasteiger partial charge in [0, 0.05) is 24.1 Å². The van der Waals surface area contributed by atoms with Gasteiger partial charge in [0.1, 0.15) is 6.54 Å². The first kappa shape index (κ1) is 15.9. The molecule has 0 bridgehead atoms. The number of benzene rings is 1. The highest BCUT2D eigenvalue weighted by molar-refractivity contribution is 9.10. The summed E-state index contributed by atoms with van der Waals surface area (Å²) in [7, 11) is 0. The predicted molar refractivity (Wildman–Crippen MR) is 88.7 cm³/mol. The molecule has 7 heteroatoms. The van der Waals surface area contributed by atoms with Gasteiger partial charge in [-0.2, -0.15) is 5.10 Å². The Hall–Kier alpha value is -1.53. The monoisotopic (exact) mass is 370 g/mol. The lowest BCUT2D eigenvalue weighted by Crippen LogP contribution is -2.38. The van der Waals surface area contributed by atoms with Crippen molar-refractivity contribution in [3.63, 3.8) is 0 Å². The summed E-state index contributed by atoms with van der Waals surface area (Å²) in [5, 5.41) is 4.12. The van der Waals surface area contributed by atoms with Crippen LogP contribution in [0.25, 0.3) is 0 Å². The van der Waals surface area contributed by atoms with Crippen molar-refractivity contribution < 1.29 is 4.79 Å². The molecule has 0 saturated carbocycles. The molecule has 1 aliphatic heterocycles. The van der Waals surface area contributed by atoms with Crippen molar-refractivity contribution >= 4 is 45.6 Å². The highest BCUT2D eigenvalue weighted by Crippen LogP contribution is 2.31. The Morgan fingerprint density at radius 2 is 2.24 bits per heavy atom. The summed E-state index contributed by atoms with van der Waals surface area (Å²) in [6.45, 7) is 0.970. The number of amides is 1. The van der Waals surface area contributed by atoms with Gasteiger partial charge in [-0.05, 0) is 46.5 Å². The summed E-state index contributed by atoms with van der Waals surface area (Å²) in [5.74, 6) is 0.0344. The van der Waals surface area contributed by atoms with Crippen LogP contribution in [-0.2, 0) is 17.8 Å². The van der Waals surface area contributed by atoms with Gasteiger partial charge >= 0.3 is 0 Å². The third-order valence-corrected chi connectivity index (χ3v) is 3.90.